The molecule has 0 heterocycles. The highest BCUT2D eigenvalue weighted by molar-refractivity contribution is 9.09. The monoisotopic (exact) mass is 348 g/mol. The summed E-state index contributed by atoms with van der Waals surface area (Å²) in [5.41, 5.74) is 1.75. The molecule has 1 aromatic rings. The van der Waals surface area contributed by atoms with Gasteiger partial charge in [-0.05, 0) is 48.8 Å². The summed E-state index contributed by atoms with van der Waals surface area (Å²) < 4.78 is 0. The first-order chi connectivity index (χ1) is 8.57. The molecule has 0 N–H and O–H groups in total. The molecule has 0 aliphatic heterocycles. The zero-order valence-electron chi connectivity index (χ0n) is 10.7. The van der Waals surface area contributed by atoms with Crippen molar-refractivity contribution in [3.8, 4) is 0 Å². The molecule has 0 spiro atoms. The molecule has 1 atom stereocenters. The lowest BCUT2D eigenvalue weighted by molar-refractivity contribution is 0.275. The van der Waals surface area contributed by atoms with Crippen LogP contribution in [-0.4, -0.2) is 4.83 Å². The van der Waals surface area contributed by atoms with E-state index in [1.165, 1.54) is 37.7 Å². The summed E-state index contributed by atoms with van der Waals surface area (Å²) in [7, 11) is 0. The Morgan fingerprint density at radius 1 is 1.22 bits per heavy atom. The van der Waals surface area contributed by atoms with Gasteiger partial charge in [-0.1, -0.05) is 65.0 Å². The van der Waals surface area contributed by atoms with Crippen LogP contribution in [0, 0.1) is 5.41 Å². The van der Waals surface area contributed by atoms with Crippen LogP contribution in [-0.2, 0) is 6.42 Å². The summed E-state index contributed by atoms with van der Waals surface area (Å²) in [5.74, 6) is 0. The quantitative estimate of drug-likeness (QED) is 0.562. The van der Waals surface area contributed by atoms with Gasteiger partial charge in [-0.2, -0.15) is 0 Å². The van der Waals surface area contributed by atoms with E-state index in [-0.39, 0.29) is 0 Å². The van der Waals surface area contributed by atoms with Crippen molar-refractivity contribution in [3.05, 3.63) is 33.8 Å². The molecule has 1 saturated carbocycles. The van der Waals surface area contributed by atoms with Gasteiger partial charge in [-0.3, -0.25) is 0 Å². The SMILES string of the molecule is CCC1(C(Br)Cc2ccc(Cl)c(Cl)c2)CCCC1. The van der Waals surface area contributed by atoms with E-state index in [0.717, 1.165) is 6.42 Å². The number of hydrogen-bond acceptors (Lipinski definition) is 0. The van der Waals surface area contributed by atoms with Crippen LogP contribution in [0.5, 0.6) is 0 Å². The lowest BCUT2D eigenvalue weighted by Gasteiger charge is -2.33. The summed E-state index contributed by atoms with van der Waals surface area (Å²) in [6, 6.07) is 5.98. The minimum atomic E-state index is 0.478. The molecule has 1 fully saturated rings. The van der Waals surface area contributed by atoms with E-state index < -0.39 is 0 Å². The summed E-state index contributed by atoms with van der Waals surface area (Å²) in [5, 5.41) is 1.29. The van der Waals surface area contributed by atoms with Crippen LogP contribution in [0.4, 0.5) is 0 Å². The van der Waals surface area contributed by atoms with E-state index >= 15 is 0 Å². The number of alkyl halides is 1. The fourth-order valence-electron chi connectivity index (χ4n) is 3.06. The second-order valence-electron chi connectivity index (χ2n) is 5.34. The van der Waals surface area contributed by atoms with Gasteiger partial charge < -0.3 is 0 Å². The molecule has 1 aromatic carbocycles. The Kier molecular flexibility index (Phi) is 5.02. The molecule has 0 saturated heterocycles. The smallest absolute Gasteiger partial charge is 0.0595 e. The maximum atomic E-state index is 6.08. The number of benzene rings is 1. The van der Waals surface area contributed by atoms with Crippen molar-refractivity contribution in [2.75, 3.05) is 0 Å². The molecule has 0 aromatic heterocycles. The lowest BCUT2D eigenvalue weighted by atomic mass is 9.78. The van der Waals surface area contributed by atoms with Crippen molar-refractivity contribution in [1.82, 2.24) is 0 Å². The van der Waals surface area contributed by atoms with Gasteiger partial charge in [0.1, 0.15) is 0 Å². The van der Waals surface area contributed by atoms with Crippen LogP contribution < -0.4 is 0 Å². The fraction of sp³-hybridized carbons (Fsp3) is 0.600. The first-order valence-corrected chi connectivity index (χ1v) is 8.32. The van der Waals surface area contributed by atoms with Crippen LogP contribution >= 0.6 is 39.1 Å². The normalized spacial score (nSPS) is 20.0. The Labute approximate surface area is 128 Å². The Hall–Kier alpha value is 0.280. The molecule has 0 nitrogen and oxygen atoms in total. The molecule has 0 bridgehead atoms. The van der Waals surface area contributed by atoms with Crippen LogP contribution in [0.15, 0.2) is 18.2 Å². The molecular weight excluding hydrogens is 331 g/mol. The molecule has 18 heavy (non-hydrogen) atoms. The van der Waals surface area contributed by atoms with Gasteiger partial charge in [0, 0.05) is 4.83 Å². The number of halogens is 3. The minimum Gasteiger partial charge on any atom is -0.0881 e. The second-order valence-corrected chi connectivity index (χ2v) is 7.26. The van der Waals surface area contributed by atoms with Gasteiger partial charge in [0.25, 0.3) is 0 Å². The Balaban J connectivity index is 2.10. The van der Waals surface area contributed by atoms with E-state index in [2.05, 4.69) is 28.9 Å². The summed E-state index contributed by atoms with van der Waals surface area (Å²) >= 11 is 16.0. The highest BCUT2D eigenvalue weighted by atomic mass is 79.9. The van der Waals surface area contributed by atoms with Crippen molar-refractivity contribution >= 4 is 39.1 Å². The molecule has 0 amide bonds. The van der Waals surface area contributed by atoms with Crippen LogP contribution in [0.1, 0.15) is 44.6 Å². The summed E-state index contributed by atoms with van der Waals surface area (Å²) in [6.45, 7) is 2.31. The number of hydrogen-bond donors (Lipinski definition) is 0. The third kappa shape index (κ3) is 3.05. The molecular formula is C15H19BrCl2. The summed E-state index contributed by atoms with van der Waals surface area (Å²) in [4.78, 5) is 0.537. The first-order valence-electron chi connectivity index (χ1n) is 6.65. The zero-order chi connectivity index (χ0) is 13.2. The molecule has 0 radical (unpaired) electrons. The van der Waals surface area contributed by atoms with E-state index in [1.54, 1.807) is 0 Å². The van der Waals surface area contributed by atoms with Gasteiger partial charge in [-0.25, -0.2) is 0 Å². The third-order valence-electron chi connectivity index (χ3n) is 4.37. The largest absolute Gasteiger partial charge is 0.0881 e. The van der Waals surface area contributed by atoms with Crippen molar-refractivity contribution in [2.24, 2.45) is 5.41 Å². The Morgan fingerprint density at radius 3 is 2.44 bits per heavy atom. The van der Waals surface area contributed by atoms with Crippen LogP contribution in [0.25, 0.3) is 0 Å². The maximum Gasteiger partial charge on any atom is 0.0595 e. The molecule has 1 aliphatic rings. The molecule has 2 rings (SSSR count). The summed E-state index contributed by atoms with van der Waals surface area (Å²) in [6.07, 6.45) is 7.73. The Morgan fingerprint density at radius 2 is 1.89 bits per heavy atom. The number of rotatable bonds is 4. The second kappa shape index (κ2) is 6.15. The predicted molar refractivity (Wildman–Crippen MR) is 84.1 cm³/mol. The highest BCUT2D eigenvalue weighted by Gasteiger charge is 2.38. The first kappa shape index (κ1) is 14.7. The van der Waals surface area contributed by atoms with Crippen LogP contribution in [0.3, 0.4) is 0 Å². The lowest BCUT2D eigenvalue weighted by Crippen LogP contribution is -2.29. The van der Waals surface area contributed by atoms with Crippen molar-refractivity contribution < 1.29 is 0 Å². The standard InChI is InChI=1S/C15H19BrCl2/c1-2-15(7-3-4-8-15)14(16)10-11-5-6-12(17)13(18)9-11/h5-6,9,14H,2-4,7-8,10H2,1H3. The van der Waals surface area contributed by atoms with E-state index in [0.29, 0.717) is 20.3 Å². The van der Waals surface area contributed by atoms with Gasteiger partial charge in [-0.15, -0.1) is 0 Å². The van der Waals surface area contributed by atoms with Crippen molar-refractivity contribution in [2.45, 2.75) is 50.3 Å². The topological polar surface area (TPSA) is 0 Å². The van der Waals surface area contributed by atoms with Gasteiger partial charge >= 0.3 is 0 Å². The van der Waals surface area contributed by atoms with Crippen molar-refractivity contribution in [1.29, 1.82) is 0 Å². The van der Waals surface area contributed by atoms with Crippen molar-refractivity contribution in [3.63, 3.8) is 0 Å². The zero-order valence-corrected chi connectivity index (χ0v) is 13.8. The average molecular weight is 350 g/mol. The van der Waals surface area contributed by atoms with Gasteiger partial charge in [0.15, 0.2) is 0 Å². The molecule has 100 valence electrons. The van der Waals surface area contributed by atoms with Gasteiger partial charge in [0.05, 0.1) is 10.0 Å². The van der Waals surface area contributed by atoms with E-state index in [1.807, 2.05) is 12.1 Å². The maximum absolute atomic E-state index is 6.08. The average Bonchev–Trinajstić information content (AvgIpc) is 2.84. The van der Waals surface area contributed by atoms with Crippen LogP contribution in [0.2, 0.25) is 10.0 Å². The molecule has 1 unspecified atom stereocenters. The fourth-order valence-corrected chi connectivity index (χ4v) is 4.53. The molecule has 3 heteroatoms. The Bertz CT molecular complexity index is 411. The van der Waals surface area contributed by atoms with Gasteiger partial charge in [0.2, 0.25) is 0 Å². The minimum absolute atomic E-state index is 0.478. The highest BCUT2D eigenvalue weighted by Crippen LogP contribution is 2.47. The third-order valence-corrected chi connectivity index (χ3v) is 6.40. The molecule has 1 aliphatic carbocycles. The predicted octanol–water partition coefficient (Wildman–Crippen LogP) is 6.27. The van der Waals surface area contributed by atoms with E-state index in [9.17, 15) is 0 Å². The van der Waals surface area contributed by atoms with E-state index in [4.69, 9.17) is 23.2 Å².